The first-order valence-corrected chi connectivity index (χ1v) is 13.6. The Morgan fingerprint density at radius 3 is 1.03 bits per heavy atom. The second-order valence-corrected chi connectivity index (χ2v) is 9.92. The number of rotatable bonds is 12. The Balaban J connectivity index is 1.35. The van der Waals surface area contributed by atoms with Gasteiger partial charge in [0.25, 0.3) is 0 Å². The van der Waals surface area contributed by atoms with Gasteiger partial charge in [0.2, 0.25) is 0 Å². The molecule has 0 bridgehead atoms. The molecule has 1 unspecified atom stereocenters. The van der Waals surface area contributed by atoms with Gasteiger partial charge < -0.3 is 24.1 Å². The standard InChI is InChI=1S/C34H36O5/c35-32-33(38-24-28-17-9-3-10-18-28)30(36-22-26-13-5-1-6-14-26)21-31(37-23-27-15-7-2-8-16-27)34(32)39-25-29-19-11-4-12-20-29/h1-20,30-35H,21-25H2/t30-,31+,32?,33-,34-/m0/s1. The molecule has 1 saturated carbocycles. The molecule has 0 spiro atoms. The minimum absolute atomic E-state index is 0.370. The molecule has 5 rings (SSSR count). The molecule has 5 atom stereocenters. The van der Waals surface area contributed by atoms with Crippen LogP contribution >= 0.6 is 0 Å². The largest absolute Gasteiger partial charge is 0.387 e. The quantitative estimate of drug-likeness (QED) is 0.243. The van der Waals surface area contributed by atoms with Gasteiger partial charge in [0.1, 0.15) is 18.3 Å². The van der Waals surface area contributed by atoms with Crippen LogP contribution in [0.15, 0.2) is 121 Å². The van der Waals surface area contributed by atoms with Gasteiger partial charge in [0.15, 0.2) is 0 Å². The van der Waals surface area contributed by atoms with Gasteiger partial charge in [0.05, 0.1) is 38.6 Å². The van der Waals surface area contributed by atoms with Crippen LogP contribution in [0.25, 0.3) is 0 Å². The summed E-state index contributed by atoms with van der Waals surface area (Å²) in [4.78, 5) is 0. The zero-order chi connectivity index (χ0) is 26.7. The van der Waals surface area contributed by atoms with Crippen LogP contribution in [-0.4, -0.2) is 35.6 Å². The van der Waals surface area contributed by atoms with Gasteiger partial charge in [0, 0.05) is 6.42 Å². The maximum absolute atomic E-state index is 11.7. The molecule has 1 fully saturated rings. The van der Waals surface area contributed by atoms with Crippen LogP contribution < -0.4 is 0 Å². The Morgan fingerprint density at radius 2 is 0.718 bits per heavy atom. The average Bonchev–Trinajstić information content (AvgIpc) is 3.00. The topological polar surface area (TPSA) is 57.2 Å². The lowest BCUT2D eigenvalue weighted by Crippen LogP contribution is -2.59. The molecule has 0 heterocycles. The fraction of sp³-hybridized carbons (Fsp3) is 0.294. The van der Waals surface area contributed by atoms with E-state index in [-0.39, 0.29) is 12.2 Å². The smallest absolute Gasteiger partial charge is 0.113 e. The summed E-state index contributed by atoms with van der Waals surface area (Å²) in [6.07, 6.45) is -2.30. The first-order chi connectivity index (χ1) is 19.3. The molecule has 0 saturated heterocycles. The zero-order valence-corrected chi connectivity index (χ0v) is 22.0. The normalized spacial score (nSPS) is 22.9. The molecule has 4 aromatic carbocycles. The Morgan fingerprint density at radius 1 is 0.436 bits per heavy atom. The molecule has 5 nitrogen and oxygen atoms in total. The van der Waals surface area contributed by atoms with Crippen molar-refractivity contribution in [3.63, 3.8) is 0 Å². The van der Waals surface area contributed by atoms with E-state index in [0.29, 0.717) is 32.8 Å². The van der Waals surface area contributed by atoms with Crippen molar-refractivity contribution in [3.8, 4) is 0 Å². The number of benzene rings is 4. The minimum atomic E-state index is -0.937. The van der Waals surface area contributed by atoms with E-state index in [1.54, 1.807) is 0 Å². The molecular weight excluding hydrogens is 488 g/mol. The van der Waals surface area contributed by atoms with Crippen molar-refractivity contribution < 1.29 is 24.1 Å². The number of aliphatic hydroxyl groups excluding tert-OH is 1. The first kappa shape index (κ1) is 27.3. The molecule has 0 aliphatic heterocycles. The molecule has 1 aliphatic rings. The van der Waals surface area contributed by atoms with E-state index in [0.717, 1.165) is 22.3 Å². The number of hydrogen-bond donors (Lipinski definition) is 1. The van der Waals surface area contributed by atoms with E-state index in [2.05, 4.69) is 0 Å². The third-order valence-corrected chi connectivity index (χ3v) is 7.06. The van der Waals surface area contributed by atoms with Gasteiger partial charge in [-0.2, -0.15) is 0 Å². The van der Waals surface area contributed by atoms with Crippen LogP contribution in [0.1, 0.15) is 28.7 Å². The summed E-state index contributed by atoms with van der Waals surface area (Å²) in [5, 5.41) is 11.7. The van der Waals surface area contributed by atoms with Gasteiger partial charge in [-0.15, -0.1) is 0 Å². The SMILES string of the molecule is OC1[C@@H](OCc2ccccc2)[C@@H](OCc2ccccc2)C[C@@H](OCc2ccccc2)[C@@H]1OCc1ccccc1. The molecule has 5 heteroatoms. The van der Waals surface area contributed by atoms with Crippen molar-refractivity contribution in [2.45, 2.75) is 63.4 Å². The van der Waals surface area contributed by atoms with E-state index in [4.69, 9.17) is 18.9 Å². The van der Waals surface area contributed by atoms with Crippen LogP contribution in [0.3, 0.4) is 0 Å². The lowest BCUT2D eigenvalue weighted by atomic mass is 9.86. The van der Waals surface area contributed by atoms with Crippen molar-refractivity contribution in [2.24, 2.45) is 0 Å². The van der Waals surface area contributed by atoms with E-state index in [1.807, 2.05) is 121 Å². The van der Waals surface area contributed by atoms with Crippen molar-refractivity contribution in [1.82, 2.24) is 0 Å². The van der Waals surface area contributed by atoms with Gasteiger partial charge >= 0.3 is 0 Å². The summed E-state index contributed by atoms with van der Waals surface area (Å²) >= 11 is 0. The maximum atomic E-state index is 11.7. The van der Waals surface area contributed by atoms with Crippen LogP contribution in [0.2, 0.25) is 0 Å². The van der Waals surface area contributed by atoms with Crippen molar-refractivity contribution >= 4 is 0 Å². The van der Waals surface area contributed by atoms with Gasteiger partial charge in [-0.3, -0.25) is 0 Å². The highest BCUT2D eigenvalue weighted by Gasteiger charge is 2.47. The summed E-state index contributed by atoms with van der Waals surface area (Å²) in [5.74, 6) is 0. The minimum Gasteiger partial charge on any atom is -0.387 e. The molecule has 0 amide bonds. The second kappa shape index (κ2) is 14.2. The average molecular weight is 525 g/mol. The Hall–Kier alpha value is -3.32. The molecular formula is C34H36O5. The number of hydrogen-bond acceptors (Lipinski definition) is 5. The highest BCUT2D eigenvalue weighted by Crippen LogP contribution is 2.32. The summed E-state index contributed by atoms with van der Waals surface area (Å²) in [6.45, 7) is 1.58. The summed E-state index contributed by atoms with van der Waals surface area (Å²) < 4.78 is 25.6. The van der Waals surface area contributed by atoms with Gasteiger partial charge in [-0.1, -0.05) is 121 Å². The van der Waals surface area contributed by atoms with E-state index < -0.39 is 18.3 Å². The fourth-order valence-corrected chi connectivity index (χ4v) is 4.95. The molecule has 1 aliphatic carbocycles. The molecule has 39 heavy (non-hydrogen) atoms. The van der Waals surface area contributed by atoms with E-state index in [1.165, 1.54) is 0 Å². The highest BCUT2D eigenvalue weighted by molar-refractivity contribution is 5.16. The van der Waals surface area contributed by atoms with Gasteiger partial charge in [-0.05, 0) is 22.3 Å². The summed E-state index contributed by atoms with van der Waals surface area (Å²) in [5.41, 5.74) is 4.21. The van der Waals surface area contributed by atoms with Crippen LogP contribution in [0, 0.1) is 0 Å². The zero-order valence-electron chi connectivity index (χ0n) is 22.0. The lowest BCUT2D eigenvalue weighted by molar-refractivity contribution is -0.235. The molecule has 4 aromatic rings. The lowest BCUT2D eigenvalue weighted by Gasteiger charge is -2.44. The predicted molar refractivity (Wildman–Crippen MR) is 151 cm³/mol. The predicted octanol–water partition coefficient (Wildman–Crippen LogP) is 6.09. The van der Waals surface area contributed by atoms with E-state index in [9.17, 15) is 5.11 Å². The third-order valence-electron chi connectivity index (χ3n) is 7.06. The second-order valence-electron chi connectivity index (χ2n) is 9.92. The molecule has 202 valence electrons. The Kier molecular flexibility index (Phi) is 9.91. The molecule has 0 radical (unpaired) electrons. The number of ether oxygens (including phenoxy) is 4. The Bertz CT molecular complexity index is 1120. The maximum Gasteiger partial charge on any atom is 0.113 e. The van der Waals surface area contributed by atoms with Crippen molar-refractivity contribution in [2.75, 3.05) is 0 Å². The van der Waals surface area contributed by atoms with Crippen LogP contribution in [-0.2, 0) is 45.4 Å². The summed E-state index contributed by atoms with van der Waals surface area (Å²) in [6, 6.07) is 40.1. The van der Waals surface area contributed by atoms with Crippen LogP contribution in [0.4, 0.5) is 0 Å². The third kappa shape index (κ3) is 7.85. The number of aliphatic hydroxyl groups is 1. The molecule has 1 N–H and O–H groups in total. The molecule has 0 aromatic heterocycles. The van der Waals surface area contributed by atoms with Gasteiger partial charge in [-0.25, -0.2) is 0 Å². The highest BCUT2D eigenvalue weighted by atomic mass is 16.6. The summed E-state index contributed by atoms with van der Waals surface area (Å²) in [7, 11) is 0. The van der Waals surface area contributed by atoms with Crippen LogP contribution in [0.5, 0.6) is 0 Å². The van der Waals surface area contributed by atoms with Crippen molar-refractivity contribution in [3.05, 3.63) is 144 Å². The monoisotopic (exact) mass is 524 g/mol. The van der Waals surface area contributed by atoms with Crippen molar-refractivity contribution in [1.29, 1.82) is 0 Å². The van der Waals surface area contributed by atoms with E-state index >= 15 is 0 Å². The Labute approximate surface area is 230 Å². The first-order valence-electron chi connectivity index (χ1n) is 13.6. The fourth-order valence-electron chi connectivity index (χ4n) is 4.95.